The third-order valence-electron chi connectivity index (χ3n) is 5.20. The van der Waals surface area contributed by atoms with Crippen molar-refractivity contribution in [2.75, 3.05) is 18.4 Å². The quantitative estimate of drug-likeness (QED) is 0.428. The van der Waals surface area contributed by atoms with E-state index in [-0.39, 0.29) is 6.54 Å². The van der Waals surface area contributed by atoms with E-state index >= 15 is 0 Å². The second-order valence-corrected chi connectivity index (χ2v) is 8.33. The number of hydrogen-bond donors (Lipinski definition) is 2. The molecule has 0 radical (unpaired) electrons. The van der Waals surface area contributed by atoms with Crippen LogP contribution in [-0.2, 0) is 20.1 Å². The number of imidazole rings is 1. The summed E-state index contributed by atoms with van der Waals surface area (Å²) in [5.74, 6) is 0.509. The molecule has 2 aromatic heterocycles. The number of aromatic nitrogens is 4. The van der Waals surface area contributed by atoms with E-state index in [9.17, 15) is 9.59 Å². The largest absolute Gasteiger partial charge is 0.356 e. The smallest absolute Gasteiger partial charge is 0.332 e. The molecule has 2 aromatic carbocycles. The van der Waals surface area contributed by atoms with Crippen molar-refractivity contribution in [3.63, 3.8) is 0 Å². The zero-order chi connectivity index (χ0) is 22.8. The van der Waals surface area contributed by atoms with Crippen LogP contribution in [0.1, 0.15) is 11.1 Å². The second kappa shape index (κ2) is 9.20. The number of nitrogens with one attached hydrogen (secondary N) is 1. The summed E-state index contributed by atoms with van der Waals surface area (Å²) in [6.45, 7) is 1.74. The van der Waals surface area contributed by atoms with Crippen molar-refractivity contribution in [2.45, 2.75) is 13.1 Å². The molecule has 0 unspecified atom stereocenters. The molecule has 0 aliphatic carbocycles. The van der Waals surface area contributed by atoms with Gasteiger partial charge in [0.1, 0.15) is 0 Å². The van der Waals surface area contributed by atoms with Gasteiger partial charge in [-0.25, -0.2) is 4.79 Å². The van der Waals surface area contributed by atoms with Gasteiger partial charge in [0, 0.05) is 17.1 Å². The van der Waals surface area contributed by atoms with Crippen LogP contribution in [0.2, 0.25) is 10.0 Å². The van der Waals surface area contributed by atoms with Gasteiger partial charge in [-0.2, -0.15) is 4.98 Å². The van der Waals surface area contributed by atoms with Crippen LogP contribution >= 0.6 is 23.2 Å². The Morgan fingerprint density at radius 3 is 1.97 bits per heavy atom. The van der Waals surface area contributed by atoms with Gasteiger partial charge in [0.15, 0.2) is 11.2 Å². The van der Waals surface area contributed by atoms with E-state index < -0.39 is 11.2 Å². The molecule has 0 amide bonds. The van der Waals surface area contributed by atoms with Crippen LogP contribution in [0, 0.1) is 0 Å². The molecule has 0 atom stereocenters. The van der Waals surface area contributed by atoms with Crippen LogP contribution in [0.15, 0.2) is 58.1 Å². The predicted molar refractivity (Wildman–Crippen MR) is 127 cm³/mol. The average molecular weight is 474 g/mol. The molecule has 2 heterocycles. The Balaban J connectivity index is 1.90. The highest BCUT2D eigenvalue weighted by Gasteiger charge is 2.20. The van der Waals surface area contributed by atoms with Gasteiger partial charge in [0.05, 0.1) is 26.2 Å². The Morgan fingerprint density at radius 1 is 0.906 bits per heavy atom. The van der Waals surface area contributed by atoms with Gasteiger partial charge in [0.2, 0.25) is 5.95 Å². The molecule has 32 heavy (non-hydrogen) atoms. The summed E-state index contributed by atoms with van der Waals surface area (Å²) in [7, 11) is 1.62. The van der Waals surface area contributed by atoms with E-state index in [1.807, 2.05) is 12.1 Å². The molecule has 8 nitrogen and oxygen atoms in total. The van der Waals surface area contributed by atoms with Crippen LogP contribution in [0.3, 0.4) is 0 Å². The maximum atomic E-state index is 13.5. The molecule has 0 saturated heterocycles. The summed E-state index contributed by atoms with van der Waals surface area (Å²) in [6.07, 6.45) is 0. The lowest BCUT2D eigenvalue weighted by atomic mass is 10.2. The molecular weight excluding hydrogens is 451 g/mol. The number of anilines is 1. The molecule has 0 saturated carbocycles. The van der Waals surface area contributed by atoms with Crippen molar-refractivity contribution < 1.29 is 5.73 Å². The molecule has 4 aromatic rings. The number of quaternary nitrogens is 1. The molecule has 0 aliphatic heterocycles. The van der Waals surface area contributed by atoms with Gasteiger partial charge >= 0.3 is 5.69 Å². The lowest BCUT2D eigenvalue weighted by Crippen LogP contribution is -2.53. The van der Waals surface area contributed by atoms with Crippen LogP contribution in [0.5, 0.6) is 0 Å². The molecule has 0 bridgehead atoms. The number of fused-ring (bicyclic) bond motifs is 1. The van der Waals surface area contributed by atoms with E-state index in [2.05, 4.69) is 16.0 Å². The third-order valence-corrected chi connectivity index (χ3v) is 5.70. The van der Waals surface area contributed by atoms with Gasteiger partial charge in [-0.1, -0.05) is 47.5 Å². The highest BCUT2D eigenvalue weighted by Crippen LogP contribution is 2.19. The first-order valence-electron chi connectivity index (χ1n) is 10.1. The van der Waals surface area contributed by atoms with Crippen molar-refractivity contribution >= 4 is 40.3 Å². The Morgan fingerprint density at radius 2 is 1.44 bits per heavy atom. The average Bonchev–Trinajstić information content (AvgIpc) is 3.15. The van der Waals surface area contributed by atoms with E-state index in [1.165, 1.54) is 9.13 Å². The summed E-state index contributed by atoms with van der Waals surface area (Å²) < 4.78 is 4.42. The zero-order valence-corrected chi connectivity index (χ0v) is 19.0. The minimum absolute atomic E-state index is 0.131. The standard InChI is InChI=1S/C22H22Cl2N6O2/c1-28-19-18(20(31)30(22(28)32)13-15-4-8-17(24)9-5-15)29(21(27-19)26-11-10-25)12-14-2-6-16(23)7-3-14/h2-9H,10-13,25H2,1H3,(H,26,27)/p+1. The third kappa shape index (κ3) is 4.29. The number of nitrogens with zero attached hydrogens (tertiary/aromatic N) is 4. The molecule has 0 aliphatic rings. The maximum absolute atomic E-state index is 13.5. The number of aryl methyl sites for hydroxylation is 1. The number of rotatable bonds is 7. The number of halogens is 2. The second-order valence-electron chi connectivity index (χ2n) is 7.46. The lowest BCUT2D eigenvalue weighted by Gasteiger charge is -2.12. The minimum Gasteiger partial charge on any atom is -0.356 e. The summed E-state index contributed by atoms with van der Waals surface area (Å²) in [6, 6.07) is 14.4. The Hall–Kier alpha value is -3.07. The lowest BCUT2D eigenvalue weighted by molar-refractivity contribution is -0.362. The summed E-state index contributed by atoms with van der Waals surface area (Å²) in [5, 5.41) is 4.44. The molecule has 166 valence electrons. The topological polar surface area (TPSA) is 101 Å². The highest BCUT2D eigenvalue weighted by molar-refractivity contribution is 6.30. The first kappa shape index (κ1) is 22.1. The van der Waals surface area contributed by atoms with Crippen LogP contribution in [-0.4, -0.2) is 31.8 Å². The van der Waals surface area contributed by atoms with Crippen molar-refractivity contribution in [2.24, 2.45) is 7.05 Å². The Labute approximate surface area is 193 Å². The van der Waals surface area contributed by atoms with Crippen molar-refractivity contribution in [3.8, 4) is 0 Å². The summed E-state index contributed by atoms with van der Waals surface area (Å²) >= 11 is 12.0. The maximum Gasteiger partial charge on any atom is 0.332 e. The summed E-state index contributed by atoms with van der Waals surface area (Å²) in [4.78, 5) is 31.1. The fraction of sp³-hybridized carbons (Fsp3) is 0.227. The first-order chi connectivity index (χ1) is 15.4. The van der Waals surface area contributed by atoms with Gasteiger partial charge < -0.3 is 11.1 Å². The Kier molecular flexibility index (Phi) is 6.36. The van der Waals surface area contributed by atoms with Crippen LogP contribution < -0.4 is 22.3 Å². The fourth-order valence-corrected chi connectivity index (χ4v) is 3.80. The van der Waals surface area contributed by atoms with E-state index in [4.69, 9.17) is 23.2 Å². The number of benzene rings is 2. The zero-order valence-electron chi connectivity index (χ0n) is 17.5. The minimum atomic E-state index is -0.433. The van der Waals surface area contributed by atoms with Gasteiger partial charge in [0.25, 0.3) is 5.56 Å². The molecule has 10 heteroatoms. The van der Waals surface area contributed by atoms with E-state index in [0.29, 0.717) is 46.8 Å². The predicted octanol–water partition coefficient (Wildman–Crippen LogP) is 1.95. The van der Waals surface area contributed by atoms with E-state index in [1.54, 1.807) is 48.0 Å². The van der Waals surface area contributed by atoms with Gasteiger partial charge in [-0.05, 0) is 35.4 Å². The van der Waals surface area contributed by atoms with E-state index in [0.717, 1.165) is 11.1 Å². The molecular formula is C22H23Cl2N6O2+. The molecule has 4 N–H and O–H groups in total. The Bertz CT molecular complexity index is 1370. The highest BCUT2D eigenvalue weighted by atomic mass is 35.5. The fourth-order valence-electron chi connectivity index (χ4n) is 3.54. The van der Waals surface area contributed by atoms with Gasteiger partial charge in [-0.3, -0.25) is 18.5 Å². The molecule has 4 rings (SSSR count). The molecule has 0 spiro atoms. The number of hydrogen-bond acceptors (Lipinski definition) is 4. The van der Waals surface area contributed by atoms with Crippen molar-refractivity contribution in [1.29, 1.82) is 0 Å². The van der Waals surface area contributed by atoms with Crippen LogP contribution in [0.25, 0.3) is 11.2 Å². The normalized spacial score (nSPS) is 11.2. The molecule has 0 fully saturated rings. The van der Waals surface area contributed by atoms with Crippen molar-refractivity contribution in [1.82, 2.24) is 18.7 Å². The summed E-state index contributed by atoms with van der Waals surface area (Å²) in [5.41, 5.74) is 5.44. The SMILES string of the molecule is Cn1c(=O)n(Cc2ccc(Cl)cc2)c(=O)c2c1nc(NCC[NH3+])n2Cc1ccc(Cl)cc1. The monoisotopic (exact) mass is 473 g/mol. The first-order valence-corrected chi connectivity index (χ1v) is 10.9. The van der Waals surface area contributed by atoms with Crippen LogP contribution in [0.4, 0.5) is 5.95 Å². The van der Waals surface area contributed by atoms with Crippen molar-refractivity contribution in [3.05, 3.63) is 90.5 Å². The van der Waals surface area contributed by atoms with Gasteiger partial charge in [-0.15, -0.1) is 0 Å².